The number of aryl methyl sites for hydroxylation is 2. The summed E-state index contributed by atoms with van der Waals surface area (Å²) in [7, 11) is 0. The molecule has 0 saturated heterocycles. The Morgan fingerprint density at radius 2 is 1.84 bits per heavy atom. The number of aromatic carboxylic acids is 1. The van der Waals surface area contributed by atoms with Crippen molar-refractivity contribution in [1.29, 1.82) is 0 Å². The maximum Gasteiger partial charge on any atom is 0.337 e. The van der Waals surface area contributed by atoms with Crippen LogP contribution in [0, 0.1) is 13.8 Å². The molecule has 0 aliphatic carbocycles. The molecule has 0 saturated carbocycles. The lowest BCUT2D eigenvalue weighted by Gasteiger charge is -2.01. The van der Waals surface area contributed by atoms with Crippen molar-refractivity contribution in [3.63, 3.8) is 0 Å². The smallest absolute Gasteiger partial charge is 0.337 e. The lowest BCUT2D eigenvalue weighted by molar-refractivity contribution is 0.0697. The first-order valence-corrected chi connectivity index (χ1v) is 7.60. The minimum atomic E-state index is -1.10. The van der Waals surface area contributed by atoms with Gasteiger partial charge in [-0.25, -0.2) is 9.48 Å². The van der Waals surface area contributed by atoms with Crippen LogP contribution in [0.3, 0.4) is 0 Å². The SMILES string of the molecule is Cc1cccc(-n2[nH]c(C)c(N=Nc3ccccc3C(=O)O)c2=O)c1. The number of hydrogen-bond acceptors (Lipinski definition) is 4. The average molecular weight is 336 g/mol. The van der Waals surface area contributed by atoms with E-state index in [9.17, 15) is 14.7 Å². The van der Waals surface area contributed by atoms with Crippen LogP contribution in [-0.2, 0) is 0 Å². The molecular weight excluding hydrogens is 320 g/mol. The first-order valence-electron chi connectivity index (χ1n) is 7.60. The Balaban J connectivity index is 2.03. The van der Waals surface area contributed by atoms with E-state index in [-0.39, 0.29) is 22.5 Å². The summed E-state index contributed by atoms with van der Waals surface area (Å²) in [6, 6.07) is 13.7. The molecular formula is C18H16N4O3. The highest BCUT2D eigenvalue weighted by molar-refractivity contribution is 5.93. The molecule has 3 aromatic rings. The molecule has 25 heavy (non-hydrogen) atoms. The van der Waals surface area contributed by atoms with E-state index >= 15 is 0 Å². The van der Waals surface area contributed by atoms with Crippen molar-refractivity contribution in [3.05, 3.63) is 75.7 Å². The number of azo groups is 1. The third kappa shape index (κ3) is 3.25. The molecule has 3 rings (SSSR count). The highest BCUT2D eigenvalue weighted by Gasteiger charge is 2.13. The summed E-state index contributed by atoms with van der Waals surface area (Å²) in [5.74, 6) is -1.10. The fraction of sp³-hybridized carbons (Fsp3) is 0.111. The second-order valence-electron chi connectivity index (χ2n) is 5.59. The summed E-state index contributed by atoms with van der Waals surface area (Å²) in [6.45, 7) is 3.65. The topological polar surface area (TPSA) is 99.8 Å². The van der Waals surface area contributed by atoms with E-state index in [1.165, 1.54) is 16.8 Å². The second kappa shape index (κ2) is 6.56. The molecule has 1 heterocycles. The second-order valence-corrected chi connectivity index (χ2v) is 5.59. The monoisotopic (exact) mass is 336 g/mol. The molecule has 7 heteroatoms. The van der Waals surface area contributed by atoms with Crippen LogP contribution >= 0.6 is 0 Å². The van der Waals surface area contributed by atoms with Crippen molar-refractivity contribution in [3.8, 4) is 5.69 Å². The molecule has 0 radical (unpaired) electrons. The van der Waals surface area contributed by atoms with Crippen LogP contribution < -0.4 is 5.56 Å². The first-order chi connectivity index (χ1) is 12.0. The van der Waals surface area contributed by atoms with Gasteiger partial charge in [0.15, 0.2) is 5.69 Å². The Kier molecular flexibility index (Phi) is 4.30. The largest absolute Gasteiger partial charge is 0.478 e. The number of hydrogen-bond donors (Lipinski definition) is 2. The number of nitrogens with one attached hydrogen (secondary N) is 1. The van der Waals surface area contributed by atoms with Crippen molar-refractivity contribution in [1.82, 2.24) is 9.78 Å². The third-order valence-corrected chi connectivity index (χ3v) is 3.69. The number of nitrogens with zero attached hydrogens (tertiary/aromatic N) is 3. The van der Waals surface area contributed by atoms with Gasteiger partial charge in [0.2, 0.25) is 0 Å². The van der Waals surface area contributed by atoms with Crippen molar-refractivity contribution in [2.45, 2.75) is 13.8 Å². The Morgan fingerprint density at radius 3 is 2.56 bits per heavy atom. The zero-order valence-corrected chi connectivity index (χ0v) is 13.7. The average Bonchev–Trinajstić information content (AvgIpc) is 2.87. The minimum Gasteiger partial charge on any atom is -0.478 e. The number of carboxylic acid groups (broad SMARTS) is 1. The van der Waals surface area contributed by atoms with Crippen LogP contribution in [-0.4, -0.2) is 20.9 Å². The van der Waals surface area contributed by atoms with Gasteiger partial charge in [0, 0.05) is 0 Å². The molecule has 0 unspecified atom stereocenters. The molecule has 0 atom stereocenters. The molecule has 2 N–H and O–H groups in total. The predicted molar refractivity (Wildman–Crippen MR) is 93.4 cm³/mol. The number of carbonyl (C=O) groups is 1. The quantitative estimate of drug-likeness (QED) is 0.707. The van der Waals surface area contributed by atoms with Gasteiger partial charge >= 0.3 is 5.97 Å². The standard InChI is InChI=1S/C18H16N4O3/c1-11-6-5-7-13(10-11)22-17(23)16(12(2)21-22)20-19-15-9-4-3-8-14(15)18(24)25/h3-10,21H,1-2H3,(H,24,25). The zero-order chi connectivity index (χ0) is 18.0. The van der Waals surface area contributed by atoms with Gasteiger partial charge in [0.1, 0.15) is 5.69 Å². The van der Waals surface area contributed by atoms with E-state index in [0.717, 1.165) is 5.56 Å². The summed E-state index contributed by atoms with van der Waals surface area (Å²) < 4.78 is 1.39. The van der Waals surface area contributed by atoms with Gasteiger partial charge in [-0.15, -0.1) is 10.2 Å². The van der Waals surface area contributed by atoms with Crippen molar-refractivity contribution < 1.29 is 9.90 Å². The van der Waals surface area contributed by atoms with Crippen molar-refractivity contribution in [2.24, 2.45) is 10.2 Å². The third-order valence-electron chi connectivity index (χ3n) is 3.69. The minimum absolute atomic E-state index is 0.0263. The van der Waals surface area contributed by atoms with E-state index in [2.05, 4.69) is 15.3 Å². The highest BCUT2D eigenvalue weighted by atomic mass is 16.4. The molecule has 0 spiro atoms. The number of benzene rings is 2. The number of rotatable bonds is 4. The zero-order valence-electron chi connectivity index (χ0n) is 13.7. The van der Waals surface area contributed by atoms with Gasteiger partial charge in [-0.05, 0) is 43.7 Å². The Hall–Kier alpha value is -3.48. The molecule has 0 aliphatic heterocycles. The van der Waals surface area contributed by atoms with Crippen molar-refractivity contribution in [2.75, 3.05) is 0 Å². The fourth-order valence-electron chi connectivity index (χ4n) is 2.45. The lowest BCUT2D eigenvalue weighted by Crippen LogP contribution is -2.14. The number of H-pyrrole nitrogens is 1. The fourth-order valence-corrected chi connectivity index (χ4v) is 2.45. The van der Waals surface area contributed by atoms with E-state index in [1.807, 2.05) is 31.2 Å². The van der Waals surface area contributed by atoms with Gasteiger partial charge in [0.25, 0.3) is 5.56 Å². The van der Waals surface area contributed by atoms with Crippen LogP contribution in [0.15, 0.2) is 63.6 Å². The number of aromatic nitrogens is 2. The highest BCUT2D eigenvalue weighted by Crippen LogP contribution is 2.22. The van der Waals surface area contributed by atoms with Crippen LogP contribution in [0.2, 0.25) is 0 Å². The Morgan fingerprint density at radius 1 is 1.08 bits per heavy atom. The summed E-state index contributed by atoms with van der Waals surface area (Å²) in [5, 5.41) is 20.1. The summed E-state index contributed by atoms with van der Waals surface area (Å²) in [6.07, 6.45) is 0. The summed E-state index contributed by atoms with van der Waals surface area (Å²) >= 11 is 0. The van der Waals surface area contributed by atoms with E-state index < -0.39 is 5.97 Å². The normalized spacial score (nSPS) is 11.1. The number of carboxylic acids is 1. The molecule has 0 bridgehead atoms. The molecule has 0 amide bonds. The van der Waals surface area contributed by atoms with E-state index in [4.69, 9.17) is 0 Å². The number of aromatic amines is 1. The van der Waals surface area contributed by atoms with E-state index in [1.54, 1.807) is 19.1 Å². The summed E-state index contributed by atoms with van der Waals surface area (Å²) in [4.78, 5) is 23.8. The Labute approximate surface area is 143 Å². The molecule has 0 fully saturated rings. The molecule has 0 aliphatic rings. The summed E-state index contributed by atoms with van der Waals surface area (Å²) in [5.41, 5.74) is 2.27. The maximum absolute atomic E-state index is 12.6. The van der Waals surface area contributed by atoms with Gasteiger partial charge in [-0.2, -0.15) is 0 Å². The molecule has 126 valence electrons. The van der Waals surface area contributed by atoms with Crippen LogP contribution in [0.4, 0.5) is 11.4 Å². The van der Waals surface area contributed by atoms with Crippen molar-refractivity contribution >= 4 is 17.3 Å². The lowest BCUT2D eigenvalue weighted by atomic mass is 10.2. The van der Waals surface area contributed by atoms with Gasteiger partial charge < -0.3 is 5.11 Å². The van der Waals surface area contributed by atoms with Crippen LogP contribution in [0.1, 0.15) is 21.6 Å². The van der Waals surface area contributed by atoms with Crippen LogP contribution in [0.5, 0.6) is 0 Å². The Bertz CT molecular complexity index is 1030. The molecule has 7 nitrogen and oxygen atoms in total. The van der Waals surface area contributed by atoms with Gasteiger partial charge in [-0.1, -0.05) is 24.3 Å². The first kappa shape index (κ1) is 16.4. The molecule has 1 aromatic heterocycles. The van der Waals surface area contributed by atoms with Gasteiger partial charge in [-0.3, -0.25) is 9.89 Å². The molecule has 2 aromatic carbocycles. The predicted octanol–water partition coefficient (Wildman–Crippen LogP) is 3.90. The maximum atomic E-state index is 12.6. The van der Waals surface area contributed by atoms with E-state index in [0.29, 0.717) is 11.4 Å². The van der Waals surface area contributed by atoms with Crippen LogP contribution in [0.25, 0.3) is 5.69 Å². The van der Waals surface area contributed by atoms with Gasteiger partial charge in [0.05, 0.1) is 16.9 Å².